The van der Waals surface area contributed by atoms with Gasteiger partial charge in [0.1, 0.15) is 0 Å². The zero-order chi connectivity index (χ0) is 23.5. The van der Waals surface area contributed by atoms with E-state index < -0.39 is 8.60 Å². The number of rotatable bonds is 18. The molecule has 0 saturated heterocycles. The summed E-state index contributed by atoms with van der Waals surface area (Å²) < 4.78 is 34.4. The largest absolute Gasteiger partial charge is 0.374 e. The number of hydrogen-bond acceptors (Lipinski definition) is 6. The Balaban J connectivity index is 1.30. The van der Waals surface area contributed by atoms with Crippen molar-refractivity contribution in [3.8, 4) is 0 Å². The molecule has 3 aromatic rings. The predicted molar refractivity (Wildman–Crippen MR) is 133 cm³/mol. The van der Waals surface area contributed by atoms with Crippen LogP contribution < -0.4 is 0 Å². The van der Waals surface area contributed by atoms with Crippen LogP contribution in [0.2, 0.25) is 0 Å². The highest BCUT2D eigenvalue weighted by atomic mass is 31.2. The van der Waals surface area contributed by atoms with Crippen molar-refractivity contribution >= 4 is 8.60 Å². The van der Waals surface area contributed by atoms with Crippen LogP contribution in [0, 0.1) is 0 Å². The topological polar surface area (TPSA) is 55.4 Å². The van der Waals surface area contributed by atoms with E-state index in [9.17, 15) is 0 Å². The van der Waals surface area contributed by atoms with Gasteiger partial charge in [0.2, 0.25) is 0 Å². The molecule has 7 heteroatoms. The van der Waals surface area contributed by atoms with E-state index in [0.29, 0.717) is 59.5 Å². The summed E-state index contributed by atoms with van der Waals surface area (Å²) in [7, 11) is -1.51. The molecule has 3 aromatic carbocycles. The van der Waals surface area contributed by atoms with Gasteiger partial charge in [-0.25, -0.2) is 0 Å². The van der Waals surface area contributed by atoms with Gasteiger partial charge in [-0.15, -0.1) is 0 Å². The zero-order valence-electron chi connectivity index (χ0n) is 19.4. The minimum Gasteiger partial charge on any atom is -0.374 e. The lowest BCUT2D eigenvalue weighted by molar-refractivity contribution is 0.0448. The third kappa shape index (κ3) is 11.8. The molecular formula is C27H33O6P. The van der Waals surface area contributed by atoms with Gasteiger partial charge in [0.25, 0.3) is 0 Å². The monoisotopic (exact) mass is 484 g/mol. The van der Waals surface area contributed by atoms with Crippen molar-refractivity contribution < 1.29 is 27.8 Å². The SMILES string of the molecule is c1ccc(COCCOP(OCCOCc2ccccc2)OCCOCc2ccccc2)cc1. The molecule has 0 saturated carbocycles. The molecule has 0 aliphatic heterocycles. The molecule has 0 unspecified atom stereocenters. The van der Waals surface area contributed by atoms with Crippen LogP contribution >= 0.6 is 8.60 Å². The van der Waals surface area contributed by atoms with Crippen molar-refractivity contribution in [3.63, 3.8) is 0 Å². The normalized spacial score (nSPS) is 11.2. The zero-order valence-corrected chi connectivity index (χ0v) is 20.3. The van der Waals surface area contributed by atoms with Crippen molar-refractivity contribution in [2.24, 2.45) is 0 Å². The minimum atomic E-state index is -1.51. The van der Waals surface area contributed by atoms with Crippen LogP contribution in [0.25, 0.3) is 0 Å². The van der Waals surface area contributed by atoms with Crippen LogP contribution in [0.1, 0.15) is 16.7 Å². The molecule has 3 rings (SSSR count). The van der Waals surface area contributed by atoms with Crippen molar-refractivity contribution in [3.05, 3.63) is 108 Å². The highest BCUT2D eigenvalue weighted by molar-refractivity contribution is 7.41. The molecule has 0 heterocycles. The van der Waals surface area contributed by atoms with E-state index in [2.05, 4.69) is 0 Å². The second-order valence-corrected chi connectivity index (χ2v) is 8.56. The lowest BCUT2D eigenvalue weighted by atomic mass is 10.2. The van der Waals surface area contributed by atoms with Gasteiger partial charge in [-0.05, 0) is 16.7 Å². The minimum absolute atomic E-state index is 0.383. The molecule has 6 nitrogen and oxygen atoms in total. The summed E-state index contributed by atoms with van der Waals surface area (Å²) in [6.45, 7) is 4.15. The van der Waals surface area contributed by atoms with Crippen molar-refractivity contribution in [1.82, 2.24) is 0 Å². The maximum atomic E-state index is 5.79. The van der Waals surface area contributed by atoms with Crippen LogP contribution in [0.15, 0.2) is 91.0 Å². The average molecular weight is 485 g/mol. The molecule has 0 bridgehead atoms. The Bertz CT molecular complexity index is 748. The van der Waals surface area contributed by atoms with E-state index in [1.807, 2.05) is 91.0 Å². The van der Waals surface area contributed by atoms with Crippen LogP contribution in [-0.4, -0.2) is 39.6 Å². The van der Waals surface area contributed by atoms with Gasteiger partial charge < -0.3 is 27.8 Å². The standard InChI is InChI=1S/C27H33O6P/c1-4-10-25(11-5-1)22-28-16-19-31-34(32-20-17-29-23-26-12-6-2-7-13-26)33-21-18-30-24-27-14-8-3-9-15-27/h1-15H,16-24H2. The van der Waals surface area contributed by atoms with Gasteiger partial charge in [0.15, 0.2) is 0 Å². The van der Waals surface area contributed by atoms with Crippen LogP contribution in [0.3, 0.4) is 0 Å². The Kier molecular flexibility index (Phi) is 13.5. The van der Waals surface area contributed by atoms with Gasteiger partial charge in [0.05, 0.1) is 59.5 Å². The fraction of sp³-hybridized carbons (Fsp3) is 0.333. The fourth-order valence-electron chi connectivity index (χ4n) is 2.92. The Morgan fingerprint density at radius 1 is 0.382 bits per heavy atom. The van der Waals surface area contributed by atoms with Crippen molar-refractivity contribution in [2.45, 2.75) is 19.8 Å². The van der Waals surface area contributed by atoms with Crippen LogP contribution in [-0.2, 0) is 47.6 Å². The summed E-state index contributed by atoms with van der Waals surface area (Å²) in [5, 5.41) is 0. The highest BCUT2D eigenvalue weighted by Gasteiger charge is 2.13. The molecule has 0 aliphatic carbocycles. The molecule has 0 atom stereocenters. The van der Waals surface area contributed by atoms with E-state index in [0.717, 1.165) is 16.7 Å². The molecule has 0 amide bonds. The summed E-state index contributed by atoms with van der Waals surface area (Å²) in [5.41, 5.74) is 3.38. The molecule has 34 heavy (non-hydrogen) atoms. The predicted octanol–water partition coefficient (Wildman–Crippen LogP) is 5.91. The maximum absolute atomic E-state index is 5.79. The van der Waals surface area contributed by atoms with Gasteiger partial charge in [0, 0.05) is 0 Å². The second kappa shape index (κ2) is 17.3. The second-order valence-electron chi connectivity index (χ2n) is 7.34. The molecule has 0 spiro atoms. The van der Waals surface area contributed by atoms with Gasteiger partial charge in [-0.1, -0.05) is 91.0 Å². The summed E-state index contributed by atoms with van der Waals surface area (Å²) >= 11 is 0. The molecule has 0 radical (unpaired) electrons. The molecule has 182 valence electrons. The van der Waals surface area contributed by atoms with E-state index in [1.165, 1.54) is 0 Å². The molecule has 0 aliphatic rings. The van der Waals surface area contributed by atoms with E-state index >= 15 is 0 Å². The smallest absolute Gasteiger partial charge is 0.332 e. The molecule has 0 fully saturated rings. The summed E-state index contributed by atoms with van der Waals surface area (Å²) in [5.74, 6) is 0. The van der Waals surface area contributed by atoms with Gasteiger partial charge in [-0.3, -0.25) is 0 Å². The summed E-state index contributed by atoms with van der Waals surface area (Å²) in [6, 6.07) is 30.1. The van der Waals surface area contributed by atoms with Crippen LogP contribution in [0.5, 0.6) is 0 Å². The maximum Gasteiger partial charge on any atom is 0.332 e. The third-order valence-corrected chi connectivity index (χ3v) is 5.79. The van der Waals surface area contributed by atoms with E-state index in [-0.39, 0.29) is 0 Å². The van der Waals surface area contributed by atoms with Gasteiger partial charge >= 0.3 is 8.60 Å². The number of benzene rings is 3. The molecule has 0 N–H and O–H groups in total. The average Bonchev–Trinajstić information content (AvgIpc) is 2.89. The highest BCUT2D eigenvalue weighted by Crippen LogP contribution is 2.39. The Morgan fingerprint density at radius 3 is 0.971 bits per heavy atom. The first kappa shape index (κ1) is 26.5. The van der Waals surface area contributed by atoms with E-state index in [4.69, 9.17) is 27.8 Å². The molecule has 0 aromatic heterocycles. The Hall–Kier alpha value is -2.15. The van der Waals surface area contributed by atoms with E-state index in [1.54, 1.807) is 0 Å². The lowest BCUT2D eigenvalue weighted by Gasteiger charge is -2.17. The lowest BCUT2D eigenvalue weighted by Crippen LogP contribution is -2.09. The number of hydrogen-bond donors (Lipinski definition) is 0. The first-order valence-electron chi connectivity index (χ1n) is 11.4. The fourth-order valence-corrected chi connectivity index (χ4v) is 3.81. The summed E-state index contributed by atoms with van der Waals surface area (Å²) in [4.78, 5) is 0. The summed E-state index contributed by atoms with van der Waals surface area (Å²) in [6.07, 6.45) is 0. The first-order chi connectivity index (χ1) is 16.9. The number of ether oxygens (including phenoxy) is 3. The third-order valence-electron chi connectivity index (χ3n) is 4.61. The molecular weight excluding hydrogens is 451 g/mol. The Labute approximate surface area is 203 Å². The first-order valence-corrected chi connectivity index (χ1v) is 12.5. The van der Waals surface area contributed by atoms with Crippen LogP contribution in [0.4, 0.5) is 0 Å². The van der Waals surface area contributed by atoms with Crippen molar-refractivity contribution in [2.75, 3.05) is 39.6 Å². The van der Waals surface area contributed by atoms with Crippen molar-refractivity contribution in [1.29, 1.82) is 0 Å². The Morgan fingerprint density at radius 2 is 0.676 bits per heavy atom. The van der Waals surface area contributed by atoms with Gasteiger partial charge in [-0.2, -0.15) is 0 Å². The quantitative estimate of drug-likeness (QED) is 0.165.